The molecule has 1 aliphatic rings. The lowest BCUT2D eigenvalue weighted by atomic mass is 9.63. The summed E-state index contributed by atoms with van der Waals surface area (Å²) in [4.78, 5) is 32.7. The first-order valence-corrected chi connectivity index (χ1v) is 25.1. The molecule has 0 spiro atoms. The van der Waals surface area contributed by atoms with Crippen molar-refractivity contribution in [3.63, 3.8) is 0 Å². The molecule has 0 aliphatic carbocycles. The first-order valence-electron chi connectivity index (χ1n) is 25.1. The van der Waals surface area contributed by atoms with Crippen LogP contribution in [0.4, 0.5) is 0 Å². The summed E-state index contributed by atoms with van der Waals surface area (Å²) in [5.74, 6) is -2.21. The molecule has 0 fully saturated rings. The number of pyridine rings is 1. The third-order valence-electron chi connectivity index (χ3n) is 12.8. The van der Waals surface area contributed by atoms with Gasteiger partial charge in [0.1, 0.15) is 0 Å². The Morgan fingerprint density at radius 2 is 0.883 bits per heavy atom. The van der Waals surface area contributed by atoms with Crippen molar-refractivity contribution in [3.05, 3.63) is 52.6 Å². The van der Waals surface area contributed by atoms with E-state index >= 15 is 0 Å². The molecule has 2 heterocycles. The minimum absolute atomic E-state index is 0.105. The zero-order valence-electron chi connectivity index (χ0n) is 39.2. The summed E-state index contributed by atoms with van der Waals surface area (Å²) >= 11 is 0. The Bertz CT molecular complexity index is 1270. The molecule has 0 aromatic carbocycles. The van der Waals surface area contributed by atoms with Crippen LogP contribution in [0.1, 0.15) is 232 Å². The molecule has 0 saturated heterocycles. The van der Waals surface area contributed by atoms with Crippen LogP contribution in [0.5, 0.6) is 0 Å². The molecular formula is C52H90N2O6. The Hall–Kier alpha value is -2.71. The Balaban J connectivity index is 1.80. The molecule has 0 atom stereocenters. The summed E-state index contributed by atoms with van der Waals surface area (Å²) in [5, 5.41) is 21.6. The Labute approximate surface area is 367 Å². The first kappa shape index (κ1) is 53.4. The van der Waals surface area contributed by atoms with Gasteiger partial charge in [0.15, 0.2) is 0 Å². The minimum Gasteiger partial charge on any atom is -0.478 e. The maximum atomic E-state index is 13.2. The number of aromatic nitrogens is 1. The monoisotopic (exact) mass is 839 g/mol. The van der Waals surface area contributed by atoms with Crippen molar-refractivity contribution in [2.45, 2.75) is 232 Å². The summed E-state index contributed by atoms with van der Waals surface area (Å²) in [7, 11) is 0. The van der Waals surface area contributed by atoms with Crippen molar-refractivity contribution in [1.29, 1.82) is 0 Å². The quantitative estimate of drug-likeness (QED) is 0.0628. The fraction of sp³-hybridized carbons (Fsp3) is 0.788. The molecule has 0 saturated carbocycles. The molecule has 0 unspecified atom stereocenters. The zero-order chi connectivity index (χ0) is 43.5. The molecular weight excluding hydrogens is 749 g/mol. The molecule has 1 aliphatic heterocycles. The molecule has 1 aromatic heterocycles. The van der Waals surface area contributed by atoms with Gasteiger partial charge < -0.3 is 24.6 Å². The van der Waals surface area contributed by atoms with Crippen LogP contribution in [0, 0.1) is 0 Å². The summed E-state index contributed by atoms with van der Waals surface area (Å²) < 4.78 is 12.1. The lowest BCUT2D eigenvalue weighted by Gasteiger charge is -2.45. The van der Waals surface area contributed by atoms with Gasteiger partial charge in [-0.15, -0.1) is 0 Å². The fourth-order valence-electron chi connectivity index (χ4n) is 9.34. The fourth-order valence-corrected chi connectivity index (χ4v) is 9.34. The normalized spacial score (nSPS) is 14.1. The third kappa shape index (κ3) is 20.9. The van der Waals surface area contributed by atoms with Crippen molar-refractivity contribution >= 4 is 11.9 Å². The second-order valence-electron chi connectivity index (χ2n) is 17.7. The number of allylic oxidation sites excluding steroid dienone is 2. The standard InChI is InChI=1S/C52H90N2O6/c1-5-7-9-11-13-15-17-19-21-23-25-27-29-31-40-59-42-34-37-52(47-36-33-38-53-44-47)48(50(55)56)45(3)54(46(4)49(52)51(57)58)39-35-43-60-41-32-30-28-26-24-22-20-18-16-14-12-10-8-6-2/h33,36,38,44H,5-32,34-35,37,39-43H2,1-4H3,(H,55,56)(H,57,58). The van der Waals surface area contributed by atoms with Gasteiger partial charge in [0, 0.05) is 56.8 Å². The number of unbranched alkanes of at least 4 members (excludes halogenated alkanes) is 26. The topological polar surface area (TPSA) is 109 Å². The van der Waals surface area contributed by atoms with Gasteiger partial charge in [-0.25, -0.2) is 9.59 Å². The van der Waals surface area contributed by atoms with E-state index in [1.165, 1.54) is 161 Å². The maximum Gasteiger partial charge on any atom is 0.334 e. The number of rotatable bonds is 41. The summed E-state index contributed by atoms with van der Waals surface area (Å²) in [5.41, 5.74) is 0.580. The molecule has 1 aromatic rings. The van der Waals surface area contributed by atoms with E-state index in [4.69, 9.17) is 9.47 Å². The second kappa shape index (κ2) is 34.8. The van der Waals surface area contributed by atoms with Crippen LogP contribution >= 0.6 is 0 Å². The number of carboxylic acids is 2. The Kier molecular flexibility index (Phi) is 31.0. The number of carboxylic acid groups (broad SMARTS) is 2. The van der Waals surface area contributed by atoms with Gasteiger partial charge in [-0.2, -0.15) is 0 Å². The summed E-state index contributed by atoms with van der Waals surface area (Å²) in [6, 6.07) is 3.57. The highest BCUT2D eigenvalue weighted by atomic mass is 16.5. The molecule has 2 rings (SSSR count). The van der Waals surface area contributed by atoms with E-state index in [9.17, 15) is 19.8 Å². The average Bonchev–Trinajstić information content (AvgIpc) is 3.23. The van der Waals surface area contributed by atoms with Crippen LogP contribution in [0.3, 0.4) is 0 Å². The van der Waals surface area contributed by atoms with Crippen molar-refractivity contribution in [2.24, 2.45) is 0 Å². The van der Waals surface area contributed by atoms with E-state index in [-0.39, 0.29) is 11.1 Å². The highest BCUT2D eigenvalue weighted by molar-refractivity contribution is 6.00. The van der Waals surface area contributed by atoms with Gasteiger partial charge in [0.05, 0.1) is 16.6 Å². The second-order valence-corrected chi connectivity index (χ2v) is 17.7. The predicted molar refractivity (Wildman–Crippen MR) is 249 cm³/mol. The lowest BCUT2D eigenvalue weighted by molar-refractivity contribution is -0.134. The molecule has 0 amide bonds. The number of hydrogen-bond acceptors (Lipinski definition) is 6. The van der Waals surface area contributed by atoms with Gasteiger partial charge in [-0.3, -0.25) is 4.98 Å². The molecule has 60 heavy (non-hydrogen) atoms. The van der Waals surface area contributed by atoms with Crippen molar-refractivity contribution in [2.75, 3.05) is 33.0 Å². The summed E-state index contributed by atoms with van der Waals surface area (Å²) in [6.45, 7) is 11.0. The minimum atomic E-state index is -1.36. The van der Waals surface area contributed by atoms with E-state index in [0.29, 0.717) is 69.2 Å². The van der Waals surface area contributed by atoms with Crippen LogP contribution in [0.2, 0.25) is 0 Å². The molecule has 344 valence electrons. The smallest absolute Gasteiger partial charge is 0.334 e. The predicted octanol–water partition coefficient (Wildman–Crippen LogP) is 14.5. The Morgan fingerprint density at radius 1 is 0.533 bits per heavy atom. The van der Waals surface area contributed by atoms with Gasteiger partial charge in [-0.1, -0.05) is 187 Å². The van der Waals surface area contributed by atoms with Crippen LogP contribution in [-0.2, 0) is 24.5 Å². The number of ether oxygens (including phenoxy) is 2. The Morgan fingerprint density at radius 3 is 1.23 bits per heavy atom. The molecule has 0 bridgehead atoms. The van der Waals surface area contributed by atoms with E-state index < -0.39 is 17.4 Å². The van der Waals surface area contributed by atoms with E-state index in [1.807, 2.05) is 24.8 Å². The van der Waals surface area contributed by atoms with E-state index in [0.717, 1.165) is 19.3 Å². The number of aliphatic carboxylic acids is 2. The van der Waals surface area contributed by atoms with Crippen LogP contribution in [0.25, 0.3) is 0 Å². The maximum absolute atomic E-state index is 13.2. The number of carbonyl (C=O) groups is 2. The van der Waals surface area contributed by atoms with Gasteiger partial charge in [-0.05, 0) is 57.6 Å². The highest BCUT2D eigenvalue weighted by Crippen LogP contribution is 2.50. The third-order valence-corrected chi connectivity index (χ3v) is 12.8. The average molecular weight is 839 g/mol. The SMILES string of the molecule is CCCCCCCCCCCCCCCCOCCCN1C(C)=C(C(=O)O)C(CCCOCCCCCCCCCCCCCCCC)(c2cccnc2)C(C(=O)O)=C1C. The summed E-state index contributed by atoms with van der Waals surface area (Å²) in [6.07, 6.45) is 41.6. The molecule has 2 N–H and O–H groups in total. The van der Waals surface area contributed by atoms with Crippen molar-refractivity contribution in [3.8, 4) is 0 Å². The van der Waals surface area contributed by atoms with Gasteiger partial charge in [0.2, 0.25) is 0 Å². The molecule has 8 nitrogen and oxygen atoms in total. The van der Waals surface area contributed by atoms with Gasteiger partial charge >= 0.3 is 11.9 Å². The lowest BCUT2D eigenvalue weighted by Crippen LogP contribution is -2.46. The number of nitrogens with zero attached hydrogens (tertiary/aromatic N) is 2. The van der Waals surface area contributed by atoms with Gasteiger partial charge in [0.25, 0.3) is 0 Å². The van der Waals surface area contributed by atoms with Crippen molar-refractivity contribution in [1.82, 2.24) is 9.88 Å². The van der Waals surface area contributed by atoms with Crippen LogP contribution in [-0.4, -0.2) is 65.0 Å². The largest absolute Gasteiger partial charge is 0.478 e. The van der Waals surface area contributed by atoms with E-state index in [2.05, 4.69) is 18.8 Å². The molecule has 8 heteroatoms. The van der Waals surface area contributed by atoms with Crippen molar-refractivity contribution < 1.29 is 29.3 Å². The van der Waals surface area contributed by atoms with Crippen LogP contribution in [0.15, 0.2) is 47.1 Å². The zero-order valence-corrected chi connectivity index (χ0v) is 39.2. The number of hydrogen-bond donors (Lipinski definition) is 2. The molecule has 0 radical (unpaired) electrons. The highest BCUT2D eigenvalue weighted by Gasteiger charge is 2.51. The van der Waals surface area contributed by atoms with E-state index in [1.54, 1.807) is 18.5 Å². The van der Waals surface area contributed by atoms with Crippen LogP contribution < -0.4 is 0 Å². The first-order chi connectivity index (χ1) is 29.3.